The van der Waals surface area contributed by atoms with Gasteiger partial charge in [0.2, 0.25) is 0 Å². The molecule has 1 aliphatic carbocycles. The van der Waals surface area contributed by atoms with E-state index < -0.39 is 0 Å². The third-order valence-corrected chi connectivity index (χ3v) is 4.74. The van der Waals surface area contributed by atoms with Crippen LogP contribution in [0.15, 0.2) is 18.3 Å². The summed E-state index contributed by atoms with van der Waals surface area (Å²) < 4.78 is 0. The molecule has 0 bridgehead atoms. The average molecular weight is 245 g/mol. The van der Waals surface area contributed by atoms with Crippen LogP contribution in [0.4, 0.5) is 5.69 Å². The molecule has 1 aromatic rings. The van der Waals surface area contributed by atoms with Crippen molar-refractivity contribution in [3.8, 4) is 0 Å². The van der Waals surface area contributed by atoms with Crippen molar-refractivity contribution < 1.29 is 0 Å². The van der Waals surface area contributed by atoms with Gasteiger partial charge in [-0.3, -0.25) is 4.98 Å². The largest absolute Gasteiger partial charge is 0.370 e. The van der Waals surface area contributed by atoms with Crippen molar-refractivity contribution in [3.05, 3.63) is 24.0 Å². The lowest BCUT2D eigenvalue weighted by atomic mass is 10.0. The van der Waals surface area contributed by atoms with E-state index in [0.717, 1.165) is 17.5 Å². The molecule has 1 aromatic heterocycles. The number of hydrogen-bond donors (Lipinski definition) is 1. The van der Waals surface area contributed by atoms with Gasteiger partial charge in [0.15, 0.2) is 0 Å². The number of rotatable bonds is 3. The predicted molar refractivity (Wildman–Crippen MR) is 74.8 cm³/mol. The first kappa shape index (κ1) is 12.0. The third kappa shape index (κ3) is 2.12. The van der Waals surface area contributed by atoms with Crippen LogP contribution in [-0.2, 0) is 0 Å². The molecule has 3 atom stereocenters. The minimum absolute atomic E-state index is 0.331. The Morgan fingerprint density at radius 3 is 2.56 bits per heavy atom. The average Bonchev–Trinajstić information content (AvgIpc) is 2.99. The number of hydrogen-bond acceptors (Lipinski definition) is 3. The van der Waals surface area contributed by atoms with E-state index in [9.17, 15) is 0 Å². The second-order valence-electron chi connectivity index (χ2n) is 5.81. The molecule has 3 unspecified atom stereocenters. The van der Waals surface area contributed by atoms with Gasteiger partial charge in [-0.1, -0.05) is 6.42 Å². The fraction of sp³-hybridized carbons (Fsp3) is 0.667. The summed E-state index contributed by atoms with van der Waals surface area (Å²) in [5.41, 5.74) is 2.43. The Morgan fingerprint density at radius 2 is 2.00 bits per heavy atom. The minimum atomic E-state index is 0.331. The maximum Gasteiger partial charge on any atom is 0.0571 e. The Labute approximate surface area is 110 Å². The summed E-state index contributed by atoms with van der Waals surface area (Å²) in [6.45, 7) is 4.63. The highest BCUT2D eigenvalue weighted by atomic mass is 15.2. The Kier molecular flexibility index (Phi) is 3.25. The first-order chi connectivity index (χ1) is 8.78. The summed E-state index contributed by atoms with van der Waals surface area (Å²) >= 11 is 0. The topological polar surface area (TPSA) is 28.2 Å². The maximum atomic E-state index is 4.58. The molecule has 3 rings (SSSR count). The second kappa shape index (κ2) is 4.88. The van der Waals surface area contributed by atoms with E-state index in [1.54, 1.807) is 0 Å². The van der Waals surface area contributed by atoms with Gasteiger partial charge in [0.1, 0.15) is 0 Å². The zero-order chi connectivity index (χ0) is 12.5. The minimum Gasteiger partial charge on any atom is -0.370 e. The summed E-state index contributed by atoms with van der Waals surface area (Å²) in [5, 5.41) is 3.23. The zero-order valence-corrected chi connectivity index (χ0v) is 11.4. The van der Waals surface area contributed by atoms with E-state index in [2.05, 4.69) is 34.3 Å². The smallest absolute Gasteiger partial charge is 0.0571 e. The van der Waals surface area contributed by atoms with Crippen LogP contribution in [0.2, 0.25) is 0 Å². The van der Waals surface area contributed by atoms with Gasteiger partial charge in [0.05, 0.1) is 17.6 Å². The van der Waals surface area contributed by atoms with Crippen molar-refractivity contribution >= 4 is 5.69 Å². The van der Waals surface area contributed by atoms with Crippen LogP contribution in [0.25, 0.3) is 0 Å². The molecule has 2 fully saturated rings. The van der Waals surface area contributed by atoms with Crippen molar-refractivity contribution in [3.63, 3.8) is 0 Å². The van der Waals surface area contributed by atoms with Gasteiger partial charge < -0.3 is 10.2 Å². The highest BCUT2D eigenvalue weighted by Crippen LogP contribution is 2.39. The summed E-state index contributed by atoms with van der Waals surface area (Å²) in [6, 6.07) is 4.72. The molecule has 2 aliphatic rings. The monoisotopic (exact) mass is 245 g/mol. The van der Waals surface area contributed by atoms with Gasteiger partial charge in [-0.2, -0.15) is 0 Å². The molecule has 3 heteroatoms. The quantitative estimate of drug-likeness (QED) is 0.887. The highest BCUT2D eigenvalue weighted by molar-refractivity contribution is 5.46. The van der Waals surface area contributed by atoms with Gasteiger partial charge in [0.25, 0.3) is 0 Å². The van der Waals surface area contributed by atoms with Crippen LogP contribution in [0.1, 0.15) is 37.9 Å². The number of nitrogens with one attached hydrogen (secondary N) is 1. The van der Waals surface area contributed by atoms with Crippen molar-refractivity contribution in [2.75, 3.05) is 25.0 Å². The SMILES string of the molecule is CNC(C)c1ccc(N2CC3CCCC3C2)cn1. The molecule has 1 saturated carbocycles. The van der Waals surface area contributed by atoms with E-state index in [0.29, 0.717) is 6.04 Å². The van der Waals surface area contributed by atoms with Crippen LogP contribution in [0.3, 0.4) is 0 Å². The molecule has 18 heavy (non-hydrogen) atoms. The second-order valence-corrected chi connectivity index (χ2v) is 5.81. The van der Waals surface area contributed by atoms with Crippen LogP contribution >= 0.6 is 0 Å². The summed E-state index contributed by atoms with van der Waals surface area (Å²) in [7, 11) is 1.97. The van der Waals surface area contributed by atoms with Crippen LogP contribution in [-0.4, -0.2) is 25.1 Å². The number of fused-ring (bicyclic) bond motifs is 1. The molecule has 1 N–H and O–H groups in total. The van der Waals surface area contributed by atoms with E-state index >= 15 is 0 Å². The zero-order valence-electron chi connectivity index (χ0n) is 11.4. The fourth-order valence-electron chi connectivity index (χ4n) is 3.43. The lowest BCUT2D eigenvalue weighted by Gasteiger charge is -2.20. The Hall–Kier alpha value is -1.09. The third-order valence-electron chi connectivity index (χ3n) is 4.74. The van der Waals surface area contributed by atoms with Gasteiger partial charge in [-0.15, -0.1) is 0 Å². The highest BCUT2D eigenvalue weighted by Gasteiger charge is 2.36. The first-order valence-corrected chi connectivity index (χ1v) is 7.16. The lowest BCUT2D eigenvalue weighted by molar-refractivity contribution is 0.494. The predicted octanol–water partition coefficient (Wildman–Crippen LogP) is 2.60. The molecule has 0 spiro atoms. The molecule has 98 valence electrons. The normalized spacial score (nSPS) is 28.4. The van der Waals surface area contributed by atoms with Crippen LogP contribution in [0, 0.1) is 11.8 Å². The Morgan fingerprint density at radius 1 is 1.28 bits per heavy atom. The number of pyridine rings is 1. The molecular formula is C15H23N3. The van der Waals surface area contributed by atoms with Crippen molar-refractivity contribution in [1.29, 1.82) is 0 Å². The Bertz CT molecular complexity index is 389. The number of nitrogens with zero attached hydrogens (tertiary/aromatic N) is 2. The first-order valence-electron chi connectivity index (χ1n) is 7.16. The number of anilines is 1. The van der Waals surface area contributed by atoms with E-state index in [4.69, 9.17) is 0 Å². The van der Waals surface area contributed by atoms with Gasteiger partial charge in [-0.25, -0.2) is 0 Å². The van der Waals surface area contributed by atoms with E-state index in [1.807, 2.05) is 13.2 Å². The van der Waals surface area contributed by atoms with Crippen LogP contribution in [0.5, 0.6) is 0 Å². The van der Waals surface area contributed by atoms with Crippen molar-refractivity contribution in [2.24, 2.45) is 11.8 Å². The molecule has 2 heterocycles. The number of aromatic nitrogens is 1. The van der Waals surface area contributed by atoms with E-state index in [-0.39, 0.29) is 0 Å². The molecule has 1 saturated heterocycles. The molecule has 0 amide bonds. The molecule has 1 aliphatic heterocycles. The lowest BCUT2D eigenvalue weighted by Crippen LogP contribution is -2.21. The van der Waals surface area contributed by atoms with Gasteiger partial charge >= 0.3 is 0 Å². The summed E-state index contributed by atoms with van der Waals surface area (Å²) in [6.07, 6.45) is 6.36. The standard InChI is InChI=1S/C15H23N3/c1-11(16-2)15-7-6-14(8-17-15)18-9-12-4-3-5-13(12)10-18/h6-8,11-13,16H,3-5,9-10H2,1-2H3. The molecule has 0 radical (unpaired) electrons. The van der Waals surface area contributed by atoms with Crippen molar-refractivity contribution in [1.82, 2.24) is 10.3 Å². The Balaban J connectivity index is 1.70. The van der Waals surface area contributed by atoms with E-state index in [1.165, 1.54) is 38.0 Å². The van der Waals surface area contributed by atoms with Crippen LogP contribution < -0.4 is 10.2 Å². The maximum absolute atomic E-state index is 4.58. The van der Waals surface area contributed by atoms with Gasteiger partial charge in [-0.05, 0) is 50.8 Å². The summed E-state index contributed by atoms with van der Waals surface area (Å²) in [4.78, 5) is 7.11. The van der Waals surface area contributed by atoms with Crippen molar-refractivity contribution in [2.45, 2.75) is 32.2 Å². The molecule has 3 nitrogen and oxygen atoms in total. The molecule has 0 aromatic carbocycles. The fourth-order valence-corrected chi connectivity index (χ4v) is 3.43. The molecular weight excluding hydrogens is 222 g/mol. The van der Waals surface area contributed by atoms with Gasteiger partial charge in [0, 0.05) is 19.1 Å². The summed E-state index contributed by atoms with van der Waals surface area (Å²) in [5.74, 6) is 1.89.